The lowest BCUT2D eigenvalue weighted by atomic mass is 9.98. The van der Waals surface area contributed by atoms with E-state index in [0.29, 0.717) is 24.4 Å². The highest BCUT2D eigenvalue weighted by Crippen LogP contribution is 2.33. The lowest BCUT2D eigenvalue weighted by Gasteiger charge is -2.31. The molecule has 1 amide bonds. The molecular formula is C13H14ClNO4. The average molecular weight is 284 g/mol. The molecule has 5 nitrogen and oxygen atoms in total. The fourth-order valence-electron chi connectivity index (χ4n) is 2.34. The molecule has 1 aliphatic heterocycles. The summed E-state index contributed by atoms with van der Waals surface area (Å²) in [6.07, 6.45) is 1.02. The molecule has 19 heavy (non-hydrogen) atoms. The zero-order chi connectivity index (χ0) is 14.2. The van der Waals surface area contributed by atoms with Crippen molar-refractivity contribution in [3.8, 4) is 5.75 Å². The molecule has 1 aromatic rings. The van der Waals surface area contributed by atoms with Crippen LogP contribution in [0.5, 0.6) is 5.75 Å². The number of benzene rings is 1. The lowest BCUT2D eigenvalue weighted by molar-refractivity contribution is -0.147. The minimum atomic E-state index is -1.23. The Balaban J connectivity index is 2.39. The Bertz CT molecular complexity index is 545. The molecule has 2 N–H and O–H groups in total. The maximum Gasteiger partial charge on any atom is 0.329 e. The fourth-order valence-corrected chi connectivity index (χ4v) is 2.51. The smallest absolute Gasteiger partial charge is 0.329 e. The largest absolute Gasteiger partial charge is 0.507 e. The van der Waals surface area contributed by atoms with Crippen molar-refractivity contribution in [3.05, 3.63) is 28.8 Å². The molecule has 1 unspecified atom stereocenters. The van der Waals surface area contributed by atoms with Crippen LogP contribution in [0.15, 0.2) is 18.2 Å². The maximum atomic E-state index is 12.4. The SMILES string of the molecule is CC1(C(=O)O)CCCN1C(=O)c1cc(Cl)ccc1O. The normalized spacial score (nSPS) is 22.5. The molecule has 1 saturated heterocycles. The predicted molar refractivity (Wildman–Crippen MR) is 69.4 cm³/mol. The number of carboxylic acids is 1. The lowest BCUT2D eigenvalue weighted by Crippen LogP contribution is -2.50. The average Bonchev–Trinajstić information content (AvgIpc) is 2.75. The van der Waals surface area contributed by atoms with Crippen molar-refractivity contribution in [2.24, 2.45) is 0 Å². The van der Waals surface area contributed by atoms with Gasteiger partial charge in [-0.1, -0.05) is 11.6 Å². The number of phenols is 1. The van der Waals surface area contributed by atoms with Crippen LogP contribution in [0.3, 0.4) is 0 Å². The molecule has 0 spiro atoms. The Kier molecular flexibility index (Phi) is 3.41. The van der Waals surface area contributed by atoms with Gasteiger partial charge in [0.25, 0.3) is 5.91 Å². The second-order valence-electron chi connectivity index (χ2n) is 4.80. The van der Waals surface area contributed by atoms with Crippen molar-refractivity contribution in [2.45, 2.75) is 25.3 Å². The Morgan fingerprint density at radius 3 is 2.74 bits per heavy atom. The molecule has 1 aromatic carbocycles. The summed E-state index contributed by atoms with van der Waals surface area (Å²) in [7, 11) is 0. The van der Waals surface area contributed by atoms with E-state index in [-0.39, 0.29) is 11.3 Å². The first-order valence-corrected chi connectivity index (χ1v) is 6.28. The number of phenolic OH excluding ortho intramolecular Hbond substituents is 1. The van der Waals surface area contributed by atoms with Crippen LogP contribution in [0.4, 0.5) is 0 Å². The minimum absolute atomic E-state index is 0.0295. The van der Waals surface area contributed by atoms with Crippen LogP contribution in [0, 0.1) is 0 Å². The quantitative estimate of drug-likeness (QED) is 0.871. The summed E-state index contributed by atoms with van der Waals surface area (Å²) in [5.41, 5.74) is -1.20. The first-order valence-electron chi connectivity index (χ1n) is 5.90. The van der Waals surface area contributed by atoms with Gasteiger partial charge >= 0.3 is 5.97 Å². The number of rotatable bonds is 2. The van der Waals surface area contributed by atoms with E-state index in [9.17, 15) is 19.8 Å². The number of halogens is 1. The summed E-state index contributed by atoms with van der Waals surface area (Å²) in [6.45, 7) is 1.87. The number of nitrogens with zero attached hydrogens (tertiary/aromatic N) is 1. The Morgan fingerprint density at radius 2 is 2.11 bits per heavy atom. The summed E-state index contributed by atoms with van der Waals surface area (Å²) in [6, 6.07) is 4.14. The zero-order valence-electron chi connectivity index (χ0n) is 10.4. The van der Waals surface area contributed by atoms with Gasteiger partial charge in [-0.2, -0.15) is 0 Å². The number of aliphatic carboxylic acids is 1. The van der Waals surface area contributed by atoms with Gasteiger partial charge < -0.3 is 15.1 Å². The Labute approximate surface area is 115 Å². The molecule has 0 radical (unpaired) electrons. The van der Waals surface area contributed by atoms with Crippen LogP contribution < -0.4 is 0 Å². The standard InChI is InChI=1S/C13H14ClNO4/c1-13(12(18)19)5-2-6-15(13)11(17)9-7-8(14)3-4-10(9)16/h3-4,7,16H,2,5-6H2,1H3,(H,18,19). The highest BCUT2D eigenvalue weighted by atomic mass is 35.5. The van der Waals surface area contributed by atoms with E-state index >= 15 is 0 Å². The van der Waals surface area contributed by atoms with Gasteiger partial charge in [-0.05, 0) is 38.0 Å². The van der Waals surface area contributed by atoms with Gasteiger partial charge in [0.1, 0.15) is 11.3 Å². The Hall–Kier alpha value is -1.75. The van der Waals surface area contributed by atoms with Crippen LogP contribution in [-0.2, 0) is 4.79 Å². The predicted octanol–water partition coefficient (Wildman–Crippen LogP) is 2.12. The highest BCUT2D eigenvalue weighted by molar-refractivity contribution is 6.31. The first-order chi connectivity index (χ1) is 8.86. The van der Waals surface area contributed by atoms with Gasteiger partial charge in [-0.3, -0.25) is 4.79 Å². The van der Waals surface area contributed by atoms with E-state index in [2.05, 4.69) is 0 Å². The van der Waals surface area contributed by atoms with E-state index in [1.54, 1.807) is 0 Å². The summed E-state index contributed by atoms with van der Waals surface area (Å²) in [5, 5.41) is 19.3. The number of hydrogen-bond donors (Lipinski definition) is 2. The number of amides is 1. The van der Waals surface area contributed by atoms with Gasteiger partial charge in [-0.15, -0.1) is 0 Å². The van der Waals surface area contributed by atoms with Crippen molar-refractivity contribution in [1.82, 2.24) is 4.90 Å². The Morgan fingerprint density at radius 1 is 1.42 bits per heavy atom. The molecule has 6 heteroatoms. The van der Waals surface area contributed by atoms with Gasteiger partial charge in [0.2, 0.25) is 0 Å². The monoisotopic (exact) mass is 283 g/mol. The molecule has 0 aliphatic carbocycles. The second-order valence-corrected chi connectivity index (χ2v) is 5.24. The molecule has 1 fully saturated rings. The molecule has 2 rings (SSSR count). The molecule has 0 saturated carbocycles. The van der Waals surface area contributed by atoms with Crippen molar-refractivity contribution in [2.75, 3.05) is 6.54 Å². The third-order valence-corrected chi connectivity index (χ3v) is 3.77. The third-order valence-electron chi connectivity index (χ3n) is 3.54. The molecular weight excluding hydrogens is 270 g/mol. The zero-order valence-corrected chi connectivity index (χ0v) is 11.1. The molecule has 0 bridgehead atoms. The number of carbonyl (C=O) groups excluding carboxylic acids is 1. The summed E-state index contributed by atoms with van der Waals surface area (Å²) in [4.78, 5) is 25.0. The van der Waals surface area contributed by atoms with Crippen molar-refractivity contribution >= 4 is 23.5 Å². The minimum Gasteiger partial charge on any atom is -0.507 e. The molecule has 102 valence electrons. The number of hydrogen-bond acceptors (Lipinski definition) is 3. The van der Waals surface area contributed by atoms with Crippen LogP contribution in [0.2, 0.25) is 5.02 Å². The van der Waals surface area contributed by atoms with E-state index in [1.807, 2.05) is 0 Å². The van der Waals surface area contributed by atoms with Crippen molar-refractivity contribution in [1.29, 1.82) is 0 Å². The van der Waals surface area contributed by atoms with Gasteiger partial charge in [0, 0.05) is 11.6 Å². The van der Waals surface area contributed by atoms with Gasteiger partial charge in [0.05, 0.1) is 5.56 Å². The highest BCUT2D eigenvalue weighted by Gasteiger charge is 2.46. The fraction of sp³-hybridized carbons (Fsp3) is 0.385. The van der Waals surface area contributed by atoms with Crippen molar-refractivity contribution < 1.29 is 19.8 Å². The number of carbonyl (C=O) groups is 2. The molecule has 0 aromatic heterocycles. The topological polar surface area (TPSA) is 77.8 Å². The number of aromatic hydroxyl groups is 1. The number of carboxylic acid groups (broad SMARTS) is 1. The van der Waals surface area contributed by atoms with E-state index in [4.69, 9.17) is 11.6 Å². The van der Waals surface area contributed by atoms with Gasteiger partial charge in [-0.25, -0.2) is 4.79 Å². The summed E-state index contributed by atoms with van der Waals surface area (Å²) >= 11 is 5.80. The molecule has 1 aliphatic rings. The summed E-state index contributed by atoms with van der Waals surface area (Å²) in [5.74, 6) is -1.75. The first kappa shape index (κ1) is 13.7. The molecule has 1 atom stereocenters. The van der Waals surface area contributed by atoms with E-state index < -0.39 is 17.4 Å². The van der Waals surface area contributed by atoms with Crippen LogP contribution >= 0.6 is 11.6 Å². The van der Waals surface area contributed by atoms with Gasteiger partial charge in [0.15, 0.2) is 0 Å². The third kappa shape index (κ3) is 2.26. The van der Waals surface area contributed by atoms with Crippen LogP contribution in [0.25, 0.3) is 0 Å². The van der Waals surface area contributed by atoms with E-state index in [1.165, 1.54) is 30.0 Å². The van der Waals surface area contributed by atoms with E-state index in [0.717, 1.165) is 0 Å². The van der Waals surface area contributed by atoms with Crippen LogP contribution in [-0.4, -0.2) is 39.1 Å². The van der Waals surface area contributed by atoms with Crippen molar-refractivity contribution in [3.63, 3.8) is 0 Å². The molecule has 1 heterocycles. The van der Waals surface area contributed by atoms with Crippen LogP contribution in [0.1, 0.15) is 30.1 Å². The second kappa shape index (κ2) is 4.74. The maximum absolute atomic E-state index is 12.4. The summed E-state index contributed by atoms with van der Waals surface area (Å²) < 4.78 is 0. The number of likely N-dealkylation sites (tertiary alicyclic amines) is 1.